The molecule has 0 aliphatic heterocycles. The van der Waals surface area contributed by atoms with Gasteiger partial charge in [-0.15, -0.1) is 0 Å². The summed E-state index contributed by atoms with van der Waals surface area (Å²) in [6.07, 6.45) is 2.32. The van der Waals surface area contributed by atoms with Crippen LogP contribution in [0.25, 0.3) is 0 Å². The van der Waals surface area contributed by atoms with Gasteiger partial charge in [0.15, 0.2) is 11.6 Å². The molecule has 2 rings (SSSR count). The number of hydrogen-bond acceptors (Lipinski definition) is 4. The van der Waals surface area contributed by atoms with E-state index < -0.39 is 0 Å². The van der Waals surface area contributed by atoms with Crippen molar-refractivity contribution in [2.24, 2.45) is 5.73 Å². The van der Waals surface area contributed by atoms with E-state index in [0.717, 1.165) is 17.9 Å². The third kappa shape index (κ3) is 3.24. The van der Waals surface area contributed by atoms with E-state index >= 15 is 0 Å². The summed E-state index contributed by atoms with van der Waals surface area (Å²) in [5.41, 5.74) is 6.39. The van der Waals surface area contributed by atoms with Crippen LogP contribution < -0.4 is 15.4 Å². The van der Waals surface area contributed by atoms with E-state index in [0.29, 0.717) is 18.9 Å². The van der Waals surface area contributed by atoms with Crippen molar-refractivity contribution in [2.75, 3.05) is 25.1 Å². The first-order valence-electron chi connectivity index (χ1n) is 6.48. The highest BCUT2D eigenvalue weighted by Gasteiger charge is 2.15. The van der Waals surface area contributed by atoms with Gasteiger partial charge in [0.2, 0.25) is 0 Å². The van der Waals surface area contributed by atoms with Crippen molar-refractivity contribution in [3.63, 3.8) is 0 Å². The Morgan fingerprint density at radius 2 is 2.15 bits per heavy atom. The normalized spacial score (nSPS) is 10.3. The number of benzene rings is 1. The fraction of sp³-hybridized carbons (Fsp3) is 0.267. The van der Waals surface area contributed by atoms with Crippen LogP contribution in [0.15, 0.2) is 42.6 Å². The summed E-state index contributed by atoms with van der Waals surface area (Å²) in [6, 6.07) is 10.4. The van der Waals surface area contributed by atoms with E-state index in [1.165, 1.54) is 6.07 Å². The van der Waals surface area contributed by atoms with Gasteiger partial charge in [0.05, 0.1) is 7.11 Å². The molecule has 5 heteroatoms. The van der Waals surface area contributed by atoms with E-state index in [2.05, 4.69) is 4.98 Å². The quantitative estimate of drug-likeness (QED) is 0.880. The molecule has 0 unspecified atom stereocenters. The summed E-state index contributed by atoms with van der Waals surface area (Å²) >= 11 is 0. The van der Waals surface area contributed by atoms with Crippen LogP contribution in [-0.2, 0) is 0 Å². The first-order valence-corrected chi connectivity index (χ1v) is 6.48. The third-order valence-corrected chi connectivity index (χ3v) is 2.95. The molecule has 2 N–H and O–H groups in total. The van der Waals surface area contributed by atoms with Crippen LogP contribution in [-0.4, -0.2) is 25.2 Å². The molecule has 1 aromatic carbocycles. The molecule has 106 valence electrons. The predicted octanol–water partition coefficient (Wildman–Crippen LogP) is 2.72. The lowest BCUT2D eigenvalue weighted by atomic mass is 10.2. The van der Waals surface area contributed by atoms with Gasteiger partial charge in [-0.1, -0.05) is 6.07 Å². The second-order valence-electron chi connectivity index (χ2n) is 4.30. The number of pyridine rings is 1. The first-order chi connectivity index (χ1) is 9.76. The average Bonchev–Trinajstić information content (AvgIpc) is 2.49. The van der Waals surface area contributed by atoms with Crippen molar-refractivity contribution in [1.29, 1.82) is 0 Å². The summed E-state index contributed by atoms with van der Waals surface area (Å²) < 4.78 is 19.2. The molecule has 0 bridgehead atoms. The van der Waals surface area contributed by atoms with Gasteiger partial charge in [0.1, 0.15) is 5.75 Å². The fourth-order valence-electron chi connectivity index (χ4n) is 1.96. The van der Waals surface area contributed by atoms with Crippen LogP contribution in [0.5, 0.6) is 5.75 Å². The Morgan fingerprint density at radius 1 is 1.30 bits per heavy atom. The minimum atomic E-state index is -0.354. The lowest BCUT2D eigenvalue weighted by Gasteiger charge is -2.24. The van der Waals surface area contributed by atoms with Gasteiger partial charge >= 0.3 is 0 Å². The molecule has 2 aromatic rings. The molecule has 1 heterocycles. The lowest BCUT2D eigenvalue weighted by molar-refractivity contribution is 0.415. The highest BCUT2D eigenvalue weighted by molar-refractivity contribution is 5.62. The molecule has 0 radical (unpaired) electrons. The summed E-state index contributed by atoms with van der Waals surface area (Å²) in [6.45, 7) is 1.13. The minimum absolute atomic E-state index is 0.300. The van der Waals surface area contributed by atoms with Crippen LogP contribution in [0.4, 0.5) is 15.9 Å². The Hall–Kier alpha value is -2.14. The number of nitrogens with zero attached hydrogens (tertiary/aromatic N) is 2. The van der Waals surface area contributed by atoms with Crippen molar-refractivity contribution in [2.45, 2.75) is 6.42 Å². The summed E-state index contributed by atoms with van der Waals surface area (Å²) in [4.78, 5) is 5.94. The van der Waals surface area contributed by atoms with Gasteiger partial charge in [-0.25, -0.2) is 9.37 Å². The van der Waals surface area contributed by atoms with Crippen LogP contribution >= 0.6 is 0 Å². The molecule has 0 aliphatic rings. The maximum Gasteiger partial charge on any atom is 0.169 e. The van der Waals surface area contributed by atoms with Crippen molar-refractivity contribution in [1.82, 2.24) is 4.98 Å². The monoisotopic (exact) mass is 275 g/mol. The molecule has 0 aliphatic carbocycles. The Kier molecular flexibility index (Phi) is 4.90. The fourth-order valence-corrected chi connectivity index (χ4v) is 1.96. The smallest absolute Gasteiger partial charge is 0.169 e. The predicted molar refractivity (Wildman–Crippen MR) is 77.9 cm³/mol. The maximum atomic E-state index is 14.0. The van der Waals surface area contributed by atoms with Gasteiger partial charge in [-0.3, -0.25) is 0 Å². The minimum Gasteiger partial charge on any atom is -0.497 e. The molecular formula is C15H18FN3O. The third-order valence-electron chi connectivity index (χ3n) is 2.95. The second kappa shape index (κ2) is 6.86. The Bertz CT molecular complexity index is 562. The van der Waals surface area contributed by atoms with E-state index in [1.807, 2.05) is 29.2 Å². The summed E-state index contributed by atoms with van der Waals surface area (Å²) in [5, 5.41) is 0. The summed E-state index contributed by atoms with van der Waals surface area (Å²) in [5.74, 6) is 0.665. The highest BCUT2D eigenvalue weighted by atomic mass is 19.1. The highest BCUT2D eigenvalue weighted by Crippen LogP contribution is 2.28. The van der Waals surface area contributed by atoms with E-state index in [-0.39, 0.29) is 5.82 Å². The Balaban J connectivity index is 2.38. The first kappa shape index (κ1) is 14.3. The number of nitrogens with two attached hydrogens (primary N) is 1. The van der Waals surface area contributed by atoms with Crippen molar-refractivity contribution >= 4 is 11.5 Å². The van der Waals surface area contributed by atoms with E-state index in [1.54, 1.807) is 19.4 Å². The van der Waals surface area contributed by atoms with Crippen molar-refractivity contribution < 1.29 is 9.13 Å². The Morgan fingerprint density at radius 3 is 2.85 bits per heavy atom. The number of anilines is 2. The SMILES string of the molecule is COc1cccc(N(CCCN)c2ncccc2F)c1. The van der Waals surface area contributed by atoms with Crippen LogP contribution in [0.3, 0.4) is 0 Å². The second-order valence-corrected chi connectivity index (χ2v) is 4.30. The van der Waals surface area contributed by atoms with Gasteiger partial charge in [0.25, 0.3) is 0 Å². The zero-order chi connectivity index (χ0) is 14.4. The number of hydrogen-bond donors (Lipinski definition) is 1. The standard InChI is InChI=1S/C15H18FN3O/c1-20-13-6-2-5-12(11-13)19(10-4-8-17)15-14(16)7-3-9-18-15/h2-3,5-7,9,11H,4,8,10,17H2,1H3. The maximum absolute atomic E-state index is 14.0. The number of halogens is 1. The lowest BCUT2D eigenvalue weighted by Crippen LogP contribution is -2.23. The van der Waals surface area contributed by atoms with Gasteiger partial charge in [-0.2, -0.15) is 0 Å². The molecule has 0 saturated carbocycles. The topological polar surface area (TPSA) is 51.4 Å². The zero-order valence-electron chi connectivity index (χ0n) is 11.4. The Labute approximate surface area is 118 Å². The van der Waals surface area contributed by atoms with Crippen LogP contribution in [0, 0.1) is 5.82 Å². The molecule has 0 saturated heterocycles. The molecule has 1 aromatic heterocycles. The molecule has 0 spiro atoms. The molecule has 0 amide bonds. The number of aromatic nitrogens is 1. The molecule has 4 nitrogen and oxygen atoms in total. The largest absolute Gasteiger partial charge is 0.497 e. The molecule has 20 heavy (non-hydrogen) atoms. The average molecular weight is 275 g/mol. The van der Waals surface area contributed by atoms with Gasteiger partial charge in [0, 0.05) is 24.5 Å². The number of ether oxygens (including phenoxy) is 1. The van der Waals surface area contributed by atoms with Crippen molar-refractivity contribution in [3.8, 4) is 5.75 Å². The van der Waals surface area contributed by atoms with Crippen LogP contribution in [0.1, 0.15) is 6.42 Å². The summed E-state index contributed by atoms with van der Waals surface area (Å²) in [7, 11) is 1.60. The van der Waals surface area contributed by atoms with E-state index in [9.17, 15) is 4.39 Å². The zero-order valence-corrected chi connectivity index (χ0v) is 11.4. The number of methoxy groups -OCH3 is 1. The van der Waals surface area contributed by atoms with Gasteiger partial charge < -0.3 is 15.4 Å². The van der Waals surface area contributed by atoms with E-state index in [4.69, 9.17) is 10.5 Å². The molecule has 0 atom stereocenters. The molecule has 0 fully saturated rings. The van der Waals surface area contributed by atoms with Gasteiger partial charge in [-0.05, 0) is 37.2 Å². The van der Waals surface area contributed by atoms with Crippen LogP contribution in [0.2, 0.25) is 0 Å². The number of rotatable bonds is 6. The van der Waals surface area contributed by atoms with Crippen molar-refractivity contribution in [3.05, 3.63) is 48.4 Å². The molecular weight excluding hydrogens is 257 g/mol.